The minimum Gasteiger partial charge on any atom is -0.417 e. The highest BCUT2D eigenvalue weighted by atomic mass is 16.5. The Kier molecular flexibility index (Phi) is 3.11. The van der Waals surface area contributed by atoms with Crippen LogP contribution in [0.3, 0.4) is 0 Å². The second kappa shape index (κ2) is 4.71. The van der Waals surface area contributed by atoms with Crippen LogP contribution in [0.5, 0.6) is 11.8 Å². The Bertz CT molecular complexity index is 450. The zero-order valence-electron chi connectivity index (χ0n) is 9.19. The van der Waals surface area contributed by atoms with E-state index < -0.39 is 0 Å². The Labute approximate surface area is 93.1 Å². The van der Waals surface area contributed by atoms with Crippen molar-refractivity contribution in [2.45, 2.75) is 13.5 Å². The highest BCUT2D eigenvalue weighted by Crippen LogP contribution is 2.15. The minimum atomic E-state index is 0.436. The van der Waals surface area contributed by atoms with Crippen LogP contribution in [0.4, 0.5) is 0 Å². The smallest absolute Gasteiger partial charge is 0.240 e. The summed E-state index contributed by atoms with van der Waals surface area (Å²) in [5.41, 5.74) is 1.81. The zero-order valence-corrected chi connectivity index (χ0v) is 9.19. The van der Waals surface area contributed by atoms with E-state index in [0.29, 0.717) is 18.3 Å². The Morgan fingerprint density at radius 1 is 1.31 bits per heavy atom. The van der Waals surface area contributed by atoms with Crippen LogP contribution in [-0.4, -0.2) is 27.2 Å². The monoisotopic (exact) mass is 219 g/mol. The Morgan fingerprint density at radius 3 is 2.75 bits per heavy atom. The van der Waals surface area contributed by atoms with Gasteiger partial charge in [-0.15, -0.1) is 5.10 Å². The number of ether oxygens (including phenoxy) is 1. The van der Waals surface area contributed by atoms with Crippen LogP contribution in [0.15, 0.2) is 18.5 Å². The van der Waals surface area contributed by atoms with Gasteiger partial charge in [0.05, 0.1) is 18.1 Å². The zero-order chi connectivity index (χ0) is 11.4. The van der Waals surface area contributed by atoms with E-state index >= 15 is 0 Å². The average Bonchev–Trinajstić information content (AvgIpc) is 2.67. The van der Waals surface area contributed by atoms with Gasteiger partial charge in [0.15, 0.2) is 0 Å². The molecule has 84 valence electrons. The molecule has 0 aromatic carbocycles. The quantitative estimate of drug-likeness (QED) is 0.803. The molecule has 0 fully saturated rings. The SMILES string of the molecule is CNCc1cnc(Oc2cc(C)[nH]n2)cn1. The summed E-state index contributed by atoms with van der Waals surface area (Å²) in [5.74, 6) is 0.930. The first-order valence-corrected chi connectivity index (χ1v) is 4.93. The van der Waals surface area contributed by atoms with Crippen LogP contribution in [0.2, 0.25) is 0 Å². The normalized spacial score (nSPS) is 10.4. The van der Waals surface area contributed by atoms with Crippen LogP contribution in [0.1, 0.15) is 11.4 Å². The van der Waals surface area contributed by atoms with Crippen LogP contribution in [-0.2, 0) is 6.54 Å². The molecule has 6 nitrogen and oxygen atoms in total. The first kappa shape index (κ1) is 10.6. The number of aromatic nitrogens is 4. The third-order valence-electron chi connectivity index (χ3n) is 1.93. The van der Waals surface area contributed by atoms with Crippen molar-refractivity contribution in [3.05, 3.63) is 29.8 Å². The fourth-order valence-electron chi connectivity index (χ4n) is 1.22. The highest BCUT2D eigenvalue weighted by Gasteiger charge is 2.02. The molecule has 6 heteroatoms. The maximum absolute atomic E-state index is 5.40. The number of hydrogen-bond acceptors (Lipinski definition) is 5. The van der Waals surface area contributed by atoms with Gasteiger partial charge in [-0.05, 0) is 14.0 Å². The Balaban J connectivity index is 2.05. The van der Waals surface area contributed by atoms with Crippen molar-refractivity contribution in [3.8, 4) is 11.8 Å². The molecule has 0 radical (unpaired) electrons. The lowest BCUT2D eigenvalue weighted by Gasteiger charge is -2.01. The molecule has 0 aliphatic rings. The number of hydrogen-bond donors (Lipinski definition) is 2. The molecule has 0 saturated heterocycles. The van der Waals surface area contributed by atoms with Crippen molar-refractivity contribution >= 4 is 0 Å². The lowest BCUT2D eigenvalue weighted by molar-refractivity contribution is 0.440. The predicted molar refractivity (Wildman–Crippen MR) is 58.2 cm³/mol. The third kappa shape index (κ3) is 2.54. The van der Waals surface area contributed by atoms with Gasteiger partial charge >= 0.3 is 0 Å². The minimum absolute atomic E-state index is 0.436. The highest BCUT2D eigenvalue weighted by molar-refractivity contribution is 5.19. The fraction of sp³-hybridized carbons (Fsp3) is 0.300. The molecule has 2 aromatic rings. The molecule has 2 N–H and O–H groups in total. The molecule has 2 aromatic heterocycles. The molecule has 0 unspecified atom stereocenters. The van der Waals surface area contributed by atoms with E-state index in [1.54, 1.807) is 18.5 Å². The molecule has 0 aliphatic heterocycles. The van der Waals surface area contributed by atoms with Gasteiger partial charge in [0.25, 0.3) is 0 Å². The predicted octanol–water partition coefficient (Wildman–Crippen LogP) is 1.02. The molecule has 0 bridgehead atoms. The van der Waals surface area contributed by atoms with Gasteiger partial charge < -0.3 is 10.1 Å². The second-order valence-corrected chi connectivity index (χ2v) is 3.37. The molecule has 0 saturated carbocycles. The van der Waals surface area contributed by atoms with Gasteiger partial charge in [-0.1, -0.05) is 0 Å². The van der Waals surface area contributed by atoms with E-state index in [2.05, 4.69) is 25.5 Å². The maximum Gasteiger partial charge on any atom is 0.240 e. The Hall–Kier alpha value is -1.95. The van der Waals surface area contributed by atoms with E-state index in [-0.39, 0.29) is 0 Å². The van der Waals surface area contributed by atoms with Crippen molar-refractivity contribution in [3.63, 3.8) is 0 Å². The number of H-pyrrole nitrogens is 1. The molecule has 0 atom stereocenters. The molecule has 16 heavy (non-hydrogen) atoms. The van der Waals surface area contributed by atoms with Gasteiger partial charge in [-0.25, -0.2) is 4.98 Å². The number of nitrogens with zero attached hydrogens (tertiary/aromatic N) is 3. The summed E-state index contributed by atoms with van der Waals surface area (Å²) in [5, 5.41) is 9.73. The number of aromatic amines is 1. The average molecular weight is 219 g/mol. The first-order chi connectivity index (χ1) is 7.78. The molecule has 0 aliphatic carbocycles. The van der Waals surface area contributed by atoms with E-state index in [0.717, 1.165) is 11.4 Å². The second-order valence-electron chi connectivity index (χ2n) is 3.37. The molecule has 2 rings (SSSR count). The fourth-order valence-corrected chi connectivity index (χ4v) is 1.22. The van der Waals surface area contributed by atoms with E-state index in [9.17, 15) is 0 Å². The topological polar surface area (TPSA) is 75.7 Å². The number of aryl methyl sites for hydroxylation is 1. The summed E-state index contributed by atoms with van der Waals surface area (Å²) >= 11 is 0. The summed E-state index contributed by atoms with van der Waals surface area (Å²) in [6, 6.07) is 1.79. The molecule has 0 spiro atoms. The van der Waals surface area contributed by atoms with Gasteiger partial charge in [-0.2, -0.15) is 0 Å². The summed E-state index contributed by atoms with van der Waals surface area (Å²) in [7, 11) is 1.86. The summed E-state index contributed by atoms with van der Waals surface area (Å²) < 4.78 is 5.40. The van der Waals surface area contributed by atoms with Crippen molar-refractivity contribution < 1.29 is 4.74 Å². The van der Waals surface area contributed by atoms with E-state index in [1.165, 1.54) is 0 Å². The molecule has 0 amide bonds. The lowest BCUT2D eigenvalue weighted by atomic mass is 10.4. The van der Waals surface area contributed by atoms with Crippen molar-refractivity contribution in [2.24, 2.45) is 0 Å². The van der Waals surface area contributed by atoms with E-state index in [4.69, 9.17) is 4.74 Å². The summed E-state index contributed by atoms with van der Waals surface area (Å²) in [4.78, 5) is 8.31. The molecular weight excluding hydrogens is 206 g/mol. The van der Waals surface area contributed by atoms with Gasteiger partial charge in [-0.3, -0.25) is 10.1 Å². The first-order valence-electron chi connectivity index (χ1n) is 4.93. The standard InChI is InChI=1S/C10H13N5O/c1-7-3-9(15-14-7)16-10-6-12-8(4-11-2)5-13-10/h3,5-6,11H,4H2,1-2H3,(H,14,15). The lowest BCUT2D eigenvalue weighted by Crippen LogP contribution is -2.07. The maximum atomic E-state index is 5.40. The van der Waals surface area contributed by atoms with Crippen LogP contribution in [0, 0.1) is 6.92 Å². The summed E-state index contributed by atoms with van der Waals surface area (Å²) in [6.45, 7) is 2.59. The van der Waals surface area contributed by atoms with Crippen LogP contribution in [0.25, 0.3) is 0 Å². The van der Waals surface area contributed by atoms with Gasteiger partial charge in [0.1, 0.15) is 0 Å². The number of nitrogens with one attached hydrogen (secondary N) is 2. The molecule has 2 heterocycles. The van der Waals surface area contributed by atoms with Crippen LogP contribution >= 0.6 is 0 Å². The largest absolute Gasteiger partial charge is 0.417 e. The Morgan fingerprint density at radius 2 is 2.19 bits per heavy atom. The van der Waals surface area contributed by atoms with E-state index in [1.807, 2.05) is 14.0 Å². The van der Waals surface area contributed by atoms with Crippen molar-refractivity contribution in [2.75, 3.05) is 7.05 Å². The van der Waals surface area contributed by atoms with Gasteiger partial charge in [0, 0.05) is 18.3 Å². The van der Waals surface area contributed by atoms with Crippen LogP contribution < -0.4 is 10.1 Å². The number of rotatable bonds is 4. The van der Waals surface area contributed by atoms with Crippen molar-refractivity contribution in [1.29, 1.82) is 0 Å². The molecular formula is C10H13N5O. The van der Waals surface area contributed by atoms with Gasteiger partial charge in [0.2, 0.25) is 11.8 Å². The third-order valence-corrected chi connectivity index (χ3v) is 1.93. The summed E-state index contributed by atoms with van der Waals surface area (Å²) in [6.07, 6.45) is 3.25. The van der Waals surface area contributed by atoms with Crippen molar-refractivity contribution in [1.82, 2.24) is 25.5 Å².